The van der Waals surface area contributed by atoms with Gasteiger partial charge in [-0.1, -0.05) is 42.5 Å². The van der Waals surface area contributed by atoms with E-state index in [0.717, 1.165) is 29.4 Å². The van der Waals surface area contributed by atoms with E-state index in [1.807, 2.05) is 43.3 Å². The Morgan fingerprint density at radius 1 is 1.14 bits per heavy atom. The maximum Gasteiger partial charge on any atom is 0.205 e. The largest absolute Gasteiger partial charge is 0.453 e. The van der Waals surface area contributed by atoms with Gasteiger partial charge in [0.25, 0.3) is 0 Å². The van der Waals surface area contributed by atoms with Crippen LogP contribution in [0.4, 0.5) is 0 Å². The third kappa shape index (κ3) is 1.90. The predicted molar refractivity (Wildman–Crippen MR) is 82.8 cm³/mol. The smallest absolute Gasteiger partial charge is 0.205 e. The Hall–Kier alpha value is -2.35. The van der Waals surface area contributed by atoms with Crippen molar-refractivity contribution in [1.29, 1.82) is 0 Å². The number of furan rings is 1. The molecule has 104 valence electrons. The van der Waals surface area contributed by atoms with Gasteiger partial charge in [0.05, 0.1) is 5.92 Å². The Balaban J connectivity index is 1.76. The second-order valence-corrected chi connectivity index (χ2v) is 5.76. The molecular weight excluding hydrogens is 260 g/mol. The molecule has 0 aliphatic heterocycles. The van der Waals surface area contributed by atoms with E-state index in [1.165, 1.54) is 11.1 Å². The molecule has 0 saturated carbocycles. The Bertz CT molecular complexity index is 842. The van der Waals surface area contributed by atoms with Crippen LogP contribution in [0.15, 0.2) is 52.9 Å². The summed E-state index contributed by atoms with van der Waals surface area (Å²) in [4.78, 5) is 12.8. The van der Waals surface area contributed by atoms with Crippen LogP contribution in [0, 0.1) is 6.92 Å². The van der Waals surface area contributed by atoms with Crippen molar-refractivity contribution in [1.82, 2.24) is 0 Å². The third-order valence-electron chi connectivity index (χ3n) is 4.43. The highest BCUT2D eigenvalue weighted by atomic mass is 16.3. The van der Waals surface area contributed by atoms with Crippen LogP contribution in [0.3, 0.4) is 0 Å². The van der Waals surface area contributed by atoms with Gasteiger partial charge in [0.1, 0.15) is 5.58 Å². The fraction of sp³-hybridized carbons (Fsp3) is 0.211. The van der Waals surface area contributed by atoms with Gasteiger partial charge in [0.15, 0.2) is 5.76 Å². The Morgan fingerprint density at radius 2 is 2.00 bits per heavy atom. The van der Waals surface area contributed by atoms with Crippen molar-refractivity contribution in [3.05, 3.63) is 71.0 Å². The number of ketones is 1. The van der Waals surface area contributed by atoms with E-state index < -0.39 is 0 Å². The zero-order valence-electron chi connectivity index (χ0n) is 11.9. The van der Waals surface area contributed by atoms with E-state index in [0.29, 0.717) is 5.76 Å². The number of benzene rings is 2. The van der Waals surface area contributed by atoms with E-state index in [2.05, 4.69) is 12.1 Å². The first-order valence-electron chi connectivity index (χ1n) is 7.35. The van der Waals surface area contributed by atoms with Crippen molar-refractivity contribution in [2.45, 2.75) is 25.7 Å². The quantitative estimate of drug-likeness (QED) is 0.637. The van der Waals surface area contributed by atoms with E-state index in [4.69, 9.17) is 4.42 Å². The van der Waals surface area contributed by atoms with Gasteiger partial charge in [-0.15, -0.1) is 0 Å². The summed E-state index contributed by atoms with van der Waals surface area (Å²) >= 11 is 0. The molecule has 0 bridgehead atoms. The van der Waals surface area contributed by atoms with Gasteiger partial charge in [-0.05, 0) is 42.5 Å². The van der Waals surface area contributed by atoms with Crippen LogP contribution in [-0.2, 0) is 6.42 Å². The third-order valence-corrected chi connectivity index (χ3v) is 4.43. The van der Waals surface area contributed by atoms with Crippen molar-refractivity contribution in [3.63, 3.8) is 0 Å². The molecule has 4 rings (SSSR count). The normalized spacial score (nSPS) is 17.1. The summed E-state index contributed by atoms with van der Waals surface area (Å²) < 4.78 is 5.84. The number of carbonyl (C=O) groups excluding carboxylic acids is 1. The van der Waals surface area contributed by atoms with Gasteiger partial charge >= 0.3 is 0 Å². The maximum absolute atomic E-state index is 12.8. The summed E-state index contributed by atoms with van der Waals surface area (Å²) in [6.07, 6.45) is 1.86. The standard InChI is InChI=1S/C19H16O2/c1-12-5-4-7-14-11-17(21-19(12)14)18(20)16-10-9-13-6-2-3-8-15(13)16/h2-8,11,16H,9-10H2,1H3. The maximum atomic E-state index is 12.8. The number of fused-ring (bicyclic) bond motifs is 2. The number of Topliss-reactive ketones (excluding diaryl/α,β-unsaturated/α-hetero) is 1. The first-order valence-corrected chi connectivity index (χ1v) is 7.35. The van der Waals surface area contributed by atoms with Crippen molar-refractivity contribution < 1.29 is 9.21 Å². The summed E-state index contributed by atoms with van der Waals surface area (Å²) in [5, 5.41) is 1.00. The minimum atomic E-state index is -0.0536. The molecule has 1 aromatic heterocycles. The minimum Gasteiger partial charge on any atom is -0.453 e. The summed E-state index contributed by atoms with van der Waals surface area (Å²) in [5.41, 5.74) is 4.35. The minimum absolute atomic E-state index is 0.0536. The van der Waals surface area contributed by atoms with Crippen LogP contribution in [0.1, 0.15) is 39.6 Å². The van der Waals surface area contributed by atoms with Crippen molar-refractivity contribution in [3.8, 4) is 0 Å². The summed E-state index contributed by atoms with van der Waals surface area (Å²) in [5.74, 6) is 0.540. The number of hydrogen-bond acceptors (Lipinski definition) is 2. The number of carbonyl (C=O) groups is 1. The number of para-hydroxylation sites is 1. The summed E-state index contributed by atoms with van der Waals surface area (Å²) in [6, 6.07) is 16.1. The molecule has 21 heavy (non-hydrogen) atoms. The Morgan fingerprint density at radius 3 is 2.86 bits per heavy atom. The highest BCUT2D eigenvalue weighted by molar-refractivity contribution is 6.02. The van der Waals surface area contributed by atoms with Crippen molar-refractivity contribution in [2.75, 3.05) is 0 Å². The molecule has 2 aromatic carbocycles. The van der Waals surface area contributed by atoms with Gasteiger partial charge in [-0.2, -0.15) is 0 Å². The Kier molecular flexibility index (Phi) is 2.71. The summed E-state index contributed by atoms with van der Waals surface area (Å²) in [7, 11) is 0. The first kappa shape index (κ1) is 12.4. The average molecular weight is 276 g/mol. The van der Waals surface area contributed by atoms with Crippen LogP contribution in [0.25, 0.3) is 11.0 Å². The molecule has 2 nitrogen and oxygen atoms in total. The molecule has 2 heteroatoms. The lowest BCUT2D eigenvalue weighted by Crippen LogP contribution is -2.09. The average Bonchev–Trinajstić information content (AvgIpc) is 3.11. The zero-order valence-corrected chi connectivity index (χ0v) is 11.9. The molecule has 3 aromatic rings. The fourth-order valence-corrected chi connectivity index (χ4v) is 3.33. The van der Waals surface area contributed by atoms with Crippen LogP contribution in [0.2, 0.25) is 0 Å². The molecule has 0 saturated heterocycles. The van der Waals surface area contributed by atoms with Crippen molar-refractivity contribution in [2.24, 2.45) is 0 Å². The number of aryl methyl sites for hydroxylation is 2. The fourth-order valence-electron chi connectivity index (χ4n) is 3.33. The molecule has 0 radical (unpaired) electrons. The summed E-state index contributed by atoms with van der Waals surface area (Å²) in [6.45, 7) is 2.00. The molecule has 0 amide bonds. The number of rotatable bonds is 2. The molecule has 1 unspecified atom stereocenters. The SMILES string of the molecule is Cc1cccc2cc(C(=O)C3CCc4ccccc43)oc12. The van der Waals surface area contributed by atoms with Gasteiger partial charge in [-0.25, -0.2) is 0 Å². The number of hydrogen-bond donors (Lipinski definition) is 0. The molecular formula is C19H16O2. The van der Waals surface area contributed by atoms with Gasteiger partial charge in [0, 0.05) is 5.39 Å². The van der Waals surface area contributed by atoms with E-state index in [-0.39, 0.29) is 11.7 Å². The van der Waals surface area contributed by atoms with Crippen LogP contribution in [0.5, 0.6) is 0 Å². The molecule has 1 aliphatic carbocycles. The van der Waals surface area contributed by atoms with Crippen LogP contribution in [-0.4, -0.2) is 5.78 Å². The topological polar surface area (TPSA) is 30.2 Å². The lowest BCUT2D eigenvalue weighted by Gasteiger charge is -2.08. The molecule has 1 heterocycles. The lowest BCUT2D eigenvalue weighted by molar-refractivity contribution is 0.0934. The lowest BCUT2D eigenvalue weighted by atomic mass is 9.95. The Labute approximate surface area is 123 Å². The molecule has 1 atom stereocenters. The van der Waals surface area contributed by atoms with Gasteiger partial charge < -0.3 is 4.42 Å². The molecule has 0 spiro atoms. The van der Waals surface area contributed by atoms with Crippen LogP contribution < -0.4 is 0 Å². The molecule has 1 aliphatic rings. The van der Waals surface area contributed by atoms with E-state index in [1.54, 1.807) is 0 Å². The monoisotopic (exact) mass is 276 g/mol. The second-order valence-electron chi connectivity index (χ2n) is 5.76. The van der Waals surface area contributed by atoms with Crippen molar-refractivity contribution >= 4 is 16.8 Å². The molecule has 0 fully saturated rings. The highest BCUT2D eigenvalue weighted by Gasteiger charge is 2.30. The zero-order chi connectivity index (χ0) is 14.4. The highest BCUT2D eigenvalue weighted by Crippen LogP contribution is 2.36. The van der Waals surface area contributed by atoms with E-state index in [9.17, 15) is 4.79 Å². The van der Waals surface area contributed by atoms with E-state index >= 15 is 0 Å². The second kappa shape index (κ2) is 4.59. The predicted octanol–water partition coefficient (Wildman–Crippen LogP) is 4.65. The van der Waals surface area contributed by atoms with Crippen LogP contribution >= 0.6 is 0 Å². The van der Waals surface area contributed by atoms with Gasteiger partial charge in [-0.3, -0.25) is 4.79 Å². The van der Waals surface area contributed by atoms with Gasteiger partial charge in [0.2, 0.25) is 5.78 Å². The molecule has 0 N–H and O–H groups in total. The first-order chi connectivity index (χ1) is 10.2.